The number of methoxy groups -OCH3 is 2. The Labute approximate surface area is 175 Å². The number of hydrogen-bond acceptors (Lipinski definition) is 5. The summed E-state index contributed by atoms with van der Waals surface area (Å²) < 4.78 is 10.1. The number of thioether (sulfide) groups is 1. The molecule has 0 spiro atoms. The number of carbonyl (C=O) groups is 2. The molecule has 2 atom stereocenters. The molecule has 3 rings (SSSR count). The van der Waals surface area contributed by atoms with Crippen molar-refractivity contribution < 1.29 is 19.1 Å². The van der Waals surface area contributed by atoms with Crippen LogP contribution in [0.15, 0.2) is 65.6 Å². The van der Waals surface area contributed by atoms with Crippen LogP contribution >= 0.6 is 11.8 Å². The summed E-state index contributed by atoms with van der Waals surface area (Å²) in [6, 6.07) is 15.3. The van der Waals surface area contributed by atoms with E-state index in [0.717, 1.165) is 16.7 Å². The zero-order valence-electron chi connectivity index (χ0n) is 16.8. The molecular weight excluding hydrogens is 386 g/mol. The molecule has 1 heterocycles. The van der Waals surface area contributed by atoms with Gasteiger partial charge in [0.2, 0.25) is 5.91 Å². The third-order valence-electron chi connectivity index (χ3n) is 5.21. The molecule has 2 aromatic rings. The second-order valence-electron chi connectivity index (χ2n) is 6.73. The highest BCUT2D eigenvalue weighted by Gasteiger charge is 2.59. The minimum atomic E-state index is -0.624. The monoisotopic (exact) mass is 411 g/mol. The van der Waals surface area contributed by atoms with Crippen LogP contribution in [0.5, 0.6) is 11.5 Å². The van der Waals surface area contributed by atoms with Crippen molar-refractivity contribution in [1.82, 2.24) is 4.90 Å². The average Bonchev–Trinajstić information content (AvgIpc) is 2.77. The fourth-order valence-corrected chi connectivity index (χ4v) is 5.05. The number of likely N-dealkylation sites (tertiary alicyclic amines) is 1. The summed E-state index contributed by atoms with van der Waals surface area (Å²) in [5.74, 6) is 1.42. The zero-order chi connectivity index (χ0) is 20.9. The molecule has 6 heteroatoms. The highest BCUT2D eigenvalue weighted by atomic mass is 32.2. The van der Waals surface area contributed by atoms with Gasteiger partial charge in [-0.3, -0.25) is 9.59 Å². The van der Waals surface area contributed by atoms with E-state index < -0.39 is 4.75 Å². The predicted molar refractivity (Wildman–Crippen MR) is 114 cm³/mol. The molecule has 1 aliphatic heterocycles. The standard InChI is InChI=1S/C23H25NO4S/c1-4-23(29-19-9-6-5-7-10-19)21(11-8-14-25)24(22(23)26)16-17-12-13-18(27-2)15-20(17)28-3/h5-15,21H,4,16H2,1-3H3. The van der Waals surface area contributed by atoms with Crippen molar-refractivity contribution in [1.29, 1.82) is 0 Å². The lowest BCUT2D eigenvalue weighted by molar-refractivity contribution is -0.150. The van der Waals surface area contributed by atoms with Gasteiger partial charge < -0.3 is 14.4 Å². The Balaban J connectivity index is 1.90. The van der Waals surface area contributed by atoms with Gasteiger partial charge in [0.05, 0.1) is 26.8 Å². The van der Waals surface area contributed by atoms with Gasteiger partial charge in [-0.1, -0.05) is 31.2 Å². The first-order valence-corrected chi connectivity index (χ1v) is 10.3. The van der Waals surface area contributed by atoms with Crippen molar-refractivity contribution in [2.75, 3.05) is 14.2 Å². The van der Waals surface area contributed by atoms with Crippen LogP contribution in [0.1, 0.15) is 18.9 Å². The Kier molecular flexibility index (Phi) is 6.64. The normalized spacial score (nSPS) is 21.1. The van der Waals surface area contributed by atoms with Crippen molar-refractivity contribution in [3.8, 4) is 11.5 Å². The van der Waals surface area contributed by atoms with Crippen LogP contribution in [0, 0.1) is 0 Å². The second kappa shape index (κ2) is 9.18. The number of allylic oxidation sites excluding steroid dienone is 1. The van der Waals surface area contributed by atoms with Crippen molar-refractivity contribution >= 4 is 24.0 Å². The molecule has 0 N–H and O–H groups in total. The highest BCUT2D eigenvalue weighted by Crippen LogP contribution is 2.50. The first kappa shape index (κ1) is 21.0. The molecule has 29 heavy (non-hydrogen) atoms. The fourth-order valence-electron chi connectivity index (χ4n) is 3.66. The molecule has 1 amide bonds. The molecule has 0 bridgehead atoms. The number of β-lactam (4-membered cyclic amide) rings is 1. The maximum atomic E-state index is 13.3. The Morgan fingerprint density at radius 2 is 1.90 bits per heavy atom. The molecule has 5 nitrogen and oxygen atoms in total. The van der Waals surface area contributed by atoms with Crippen LogP contribution in [0.4, 0.5) is 0 Å². The topological polar surface area (TPSA) is 55.8 Å². The molecule has 152 valence electrons. The summed E-state index contributed by atoms with van der Waals surface area (Å²) in [5, 5.41) is 0. The van der Waals surface area contributed by atoms with Gasteiger partial charge in [-0.25, -0.2) is 0 Å². The number of nitrogens with zero attached hydrogens (tertiary/aromatic N) is 1. The first-order valence-electron chi connectivity index (χ1n) is 9.47. The Hall–Kier alpha value is -2.73. The van der Waals surface area contributed by atoms with Crippen molar-refractivity contribution in [2.45, 2.75) is 35.6 Å². The quantitative estimate of drug-likeness (QED) is 0.353. The third kappa shape index (κ3) is 4.03. The molecule has 2 unspecified atom stereocenters. The highest BCUT2D eigenvalue weighted by molar-refractivity contribution is 8.01. The number of hydrogen-bond donors (Lipinski definition) is 0. The number of aldehydes is 1. The SMILES string of the molecule is CCC1(Sc2ccccc2)C(=O)N(Cc2ccc(OC)cc2OC)C1C=CC=O. The predicted octanol–water partition coefficient (Wildman–Crippen LogP) is 4.11. The van der Waals surface area contributed by atoms with Gasteiger partial charge >= 0.3 is 0 Å². The van der Waals surface area contributed by atoms with E-state index in [0.29, 0.717) is 24.5 Å². The van der Waals surface area contributed by atoms with Crippen LogP contribution in [0.25, 0.3) is 0 Å². The largest absolute Gasteiger partial charge is 0.497 e. The van der Waals surface area contributed by atoms with E-state index in [-0.39, 0.29) is 11.9 Å². The first-order chi connectivity index (χ1) is 14.1. The van der Waals surface area contributed by atoms with Gasteiger partial charge in [0.15, 0.2) is 0 Å². The summed E-state index contributed by atoms with van der Waals surface area (Å²) in [4.78, 5) is 27.2. The minimum absolute atomic E-state index is 0.0623. The van der Waals surface area contributed by atoms with Crippen LogP contribution in [-0.2, 0) is 16.1 Å². The smallest absolute Gasteiger partial charge is 0.242 e. The zero-order valence-corrected chi connectivity index (χ0v) is 17.6. The average molecular weight is 412 g/mol. The molecule has 0 aromatic heterocycles. The number of carbonyl (C=O) groups excluding carboxylic acids is 2. The number of rotatable bonds is 9. The van der Waals surface area contributed by atoms with Gasteiger partial charge in [0.25, 0.3) is 0 Å². The van der Waals surface area contributed by atoms with E-state index in [1.165, 1.54) is 6.08 Å². The van der Waals surface area contributed by atoms with E-state index in [1.807, 2.05) is 61.5 Å². The Morgan fingerprint density at radius 1 is 1.14 bits per heavy atom. The summed E-state index contributed by atoms with van der Waals surface area (Å²) in [5.41, 5.74) is 0.889. The van der Waals surface area contributed by atoms with Crippen molar-refractivity contribution in [3.63, 3.8) is 0 Å². The molecule has 1 aliphatic rings. The molecule has 0 radical (unpaired) electrons. The van der Waals surface area contributed by atoms with Gasteiger partial charge in [0.1, 0.15) is 22.5 Å². The molecule has 1 fully saturated rings. The Bertz CT molecular complexity index is 899. The van der Waals surface area contributed by atoms with Crippen LogP contribution in [0.3, 0.4) is 0 Å². The lowest BCUT2D eigenvalue weighted by Gasteiger charge is -2.54. The van der Waals surface area contributed by atoms with E-state index in [1.54, 1.807) is 30.9 Å². The van der Waals surface area contributed by atoms with Crippen molar-refractivity contribution in [2.24, 2.45) is 0 Å². The van der Waals surface area contributed by atoms with E-state index in [2.05, 4.69) is 0 Å². The molecular formula is C23H25NO4S. The van der Waals surface area contributed by atoms with E-state index in [4.69, 9.17) is 9.47 Å². The van der Waals surface area contributed by atoms with Gasteiger partial charge in [-0.15, -0.1) is 11.8 Å². The van der Waals surface area contributed by atoms with Gasteiger partial charge in [0, 0.05) is 16.5 Å². The van der Waals surface area contributed by atoms with Crippen LogP contribution in [-0.4, -0.2) is 42.1 Å². The fraction of sp³-hybridized carbons (Fsp3) is 0.304. The van der Waals surface area contributed by atoms with E-state index >= 15 is 0 Å². The van der Waals surface area contributed by atoms with Gasteiger partial charge in [-0.2, -0.15) is 0 Å². The number of amides is 1. The summed E-state index contributed by atoms with van der Waals surface area (Å²) in [6.45, 7) is 2.41. The minimum Gasteiger partial charge on any atom is -0.497 e. The molecule has 0 aliphatic carbocycles. The number of ether oxygens (including phenoxy) is 2. The summed E-state index contributed by atoms with van der Waals surface area (Å²) in [7, 11) is 3.20. The maximum absolute atomic E-state index is 13.3. The van der Waals surface area contributed by atoms with Crippen LogP contribution in [0.2, 0.25) is 0 Å². The molecule has 1 saturated heterocycles. The maximum Gasteiger partial charge on any atom is 0.242 e. The second-order valence-corrected chi connectivity index (χ2v) is 8.14. The van der Waals surface area contributed by atoms with Crippen molar-refractivity contribution in [3.05, 3.63) is 66.2 Å². The Morgan fingerprint density at radius 3 is 2.52 bits per heavy atom. The molecule has 0 saturated carbocycles. The third-order valence-corrected chi connectivity index (χ3v) is 6.79. The number of benzene rings is 2. The van der Waals surface area contributed by atoms with Gasteiger partial charge in [-0.05, 0) is 36.8 Å². The summed E-state index contributed by atoms with van der Waals surface area (Å²) in [6.07, 6.45) is 4.72. The lowest BCUT2D eigenvalue weighted by Crippen LogP contribution is -2.70. The summed E-state index contributed by atoms with van der Waals surface area (Å²) >= 11 is 1.57. The lowest BCUT2D eigenvalue weighted by atomic mass is 9.83. The van der Waals surface area contributed by atoms with E-state index in [9.17, 15) is 9.59 Å². The van der Waals surface area contributed by atoms with Crippen LogP contribution < -0.4 is 9.47 Å². The molecule has 2 aromatic carbocycles.